The van der Waals surface area contributed by atoms with Gasteiger partial charge in [0.15, 0.2) is 11.5 Å². The Morgan fingerprint density at radius 3 is 2.56 bits per heavy atom. The Morgan fingerprint density at radius 2 is 1.78 bits per heavy atom. The van der Waals surface area contributed by atoms with E-state index in [4.69, 9.17) is 14.5 Å². The molecule has 0 atom stereocenters. The Bertz CT molecular complexity index is 1030. The van der Waals surface area contributed by atoms with E-state index in [9.17, 15) is 4.79 Å². The van der Waals surface area contributed by atoms with Crippen molar-refractivity contribution in [1.82, 2.24) is 14.9 Å². The summed E-state index contributed by atoms with van der Waals surface area (Å²) in [7, 11) is 0. The lowest BCUT2D eigenvalue weighted by Crippen LogP contribution is -2.22. The second kappa shape index (κ2) is 12.5. The van der Waals surface area contributed by atoms with Gasteiger partial charge in [-0.3, -0.25) is 4.79 Å². The number of carbonyl (C=O) groups excluding carboxylic acids is 1. The lowest BCUT2D eigenvalue weighted by Gasteiger charge is -2.13. The molecule has 0 aliphatic rings. The molecular weight excluding hydrogens is 402 g/mol. The molecule has 3 rings (SSSR count). The Kier molecular flexibility index (Phi) is 9.17. The first-order valence-corrected chi connectivity index (χ1v) is 11.4. The number of benzene rings is 2. The van der Waals surface area contributed by atoms with Crippen molar-refractivity contribution in [2.45, 2.75) is 46.1 Å². The number of aromatic nitrogens is 2. The van der Waals surface area contributed by atoms with E-state index in [2.05, 4.69) is 22.0 Å². The first-order valence-electron chi connectivity index (χ1n) is 11.4. The van der Waals surface area contributed by atoms with Gasteiger partial charge >= 0.3 is 0 Å². The van der Waals surface area contributed by atoms with Gasteiger partial charge in [-0.25, -0.2) is 4.98 Å². The van der Waals surface area contributed by atoms with Gasteiger partial charge in [0.25, 0.3) is 0 Å². The minimum absolute atomic E-state index is 0.0276. The van der Waals surface area contributed by atoms with E-state index >= 15 is 0 Å². The van der Waals surface area contributed by atoms with Crippen LogP contribution >= 0.6 is 0 Å². The van der Waals surface area contributed by atoms with E-state index in [0.29, 0.717) is 19.8 Å². The summed E-state index contributed by atoms with van der Waals surface area (Å²) in [6.45, 7) is 6.37. The van der Waals surface area contributed by atoms with Crippen LogP contribution in [0.15, 0.2) is 60.7 Å². The first-order chi connectivity index (χ1) is 15.7. The summed E-state index contributed by atoms with van der Waals surface area (Å²) in [4.78, 5) is 16.3. The van der Waals surface area contributed by atoms with Crippen LogP contribution < -0.4 is 14.8 Å². The molecule has 0 aliphatic heterocycles. The van der Waals surface area contributed by atoms with Gasteiger partial charge in [-0.05, 0) is 57.0 Å². The Balaban J connectivity index is 1.56. The highest BCUT2D eigenvalue weighted by molar-refractivity contribution is 5.87. The molecule has 1 aromatic heterocycles. The second-order valence-corrected chi connectivity index (χ2v) is 7.50. The highest BCUT2D eigenvalue weighted by Gasteiger charge is 2.11. The summed E-state index contributed by atoms with van der Waals surface area (Å²) in [6, 6.07) is 16.0. The van der Waals surface area contributed by atoms with Gasteiger partial charge in [0.2, 0.25) is 5.91 Å². The van der Waals surface area contributed by atoms with E-state index in [1.165, 1.54) is 0 Å². The number of nitrogens with zero attached hydrogens (tertiary/aromatic N) is 2. The molecule has 6 nitrogen and oxygen atoms in total. The normalized spacial score (nSPS) is 11.2. The van der Waals surface area contributed by atoms with Crippen molar-refractivity contribution in [3.63, 3.8) is 0 Å². The number of hydrogen-bond donors (Lipinski definition) is 1. The smallest absolute Gasteiger partial charge is 0.243 e. The fourth-order valence-electron chi connectivity index (χ4n) is 3.66. The third-order valence-corrected chi connectivity index (χ3v) is 5.15. The van der Waals surface area contributed by atoms with Crippen LogP contribution in [0.25, 0.3) is 11.0 Å². The minimum Gasteiger partial charge on any atom is -0.490 e. The van der Waals surface area contributed by atoms with Crippen LogP contribution in [-0.2, 0) is 17.8 Å². The summed E-state index contributed by atoms with van der Waals surface area (Å²) < 4.78 is 14.0. The zero-order chi connectivity index (χ0) is 22.6. The summed E-state index contributed by atoms with van der Waals surface area (Å²) in [6.07, 6.45) is 7.22. The Labute approximate surface area is 190 Å². The number of aryl methyl sites for hydroxylation is 1. The van der Waals surface area contributed by atoms with E-state index in [1.54, 1.807) is 12.2 Å². The number of fused-ring (bicyclic) bond motifs is 1. The summed E-state index contributed by atoms with van der Waals surface area (Å²) in [5, 5.41) is 2.90. The average molecular weight is 436 g/mol. The second-order valence-electron chi connectivity index (χ2n) is 7.50. The number of ether oxygens (including phenoxy) is 2. The molecule has 1 heterocycles. The third kappa shape index (κ3) is 6.61. The zero-order valence-corrected chi connectivity index (χ0v) is 19.0. The number of carbonyl (C=O) groups is 1. The van der Waals surface area contributed by atoms with Crippen molar-refractivity contribution in [2.24, 2.45) is 0 Å². The molecule has 1 amide bonds. The molecule has 0 aliphatic carbocycles. The van der Waals surface area contributed by atoms with E-state index in [-0.39, 0.29) is 5.91 Å². The minimum atomic E-state index is -0.0276. The van der Waals surface area contributed by atoms with Crippen molar-refractivity contribution in [3.8, 4) is 11.5 Å². The van der Waals surface area contributed by atoms with Crippen LogP contribution in [0, 0.1) is 0 Å². The standard InChI is InChI=1S/C26H33N3O3/c1-3-12-26(30)27-18-11-5-6-17-25-28-21-13-7-8-14-22(21)29(25)19-20-32-24-16-10-9-15-23(24)31-4-2/h3,7-10,12-16H,4-6,11,17-20H2,1-2H3,(H,27,30)/b12-3+. The Hall–Kier alpha value is -3.28. The van der Waals surface area contributed by atoms with Gasteiger partial charge in [-0.2, -0.15) is 0 Å². The molecule has 0 spiro atoms. The zero-order valence-electron chi connectivity index (χ0n) is 19.0. The van der Waals surface area contributed by atoms with E-state index in [1.807, 2.05) is 50.2 Å². The molecule has 0 saturated heterocycles. The predicted octanol–water partition coefficient (Wildman–Crippen LogP) is 4.92. The van der Waals surface area contributed by atoms with Gasteiger partial charge in [0, 0.05) is 13.0 Å². The van der Waals surface area contributed by atoms with Crippen LogP contribution in [0.2, 0.25) is 0 Å². The molecule has 3 aromatic rings. The molecule has 2 aromatic carbocycles. The maximum atomic E-state index is 11.5. The molecule has 0 fully saturated rings. The molecule has 0 bridgehead atoms. The molecular formula is C26H33N3O3. The van der Waals surface area contributed by atoms with Crippen LogP contribution in [0.5, 0.6) is 11.5 Å². The molecule has 0 radical (unpaired) electrons. The Morgan fingerprint density at radius 1 is 1.03 bits per heavy atom. The first kappa shape index (κ1) is 23.4. The molecule has 0 unspecified atom stereocenters. The van der Waals surface area contributed by atoms with Gasteiger partial charge in [-0.15, -0.1) is 0 Å². The fourth-order valence-corrected chi connectivity index (χ4v) is 3.66. The number of para-hydroxylation sites is 4. The van der Waals surface area contributed by atoms with Crippen LogP contribution in [0.3, 0.4) is 0 Å². The number of unbranched alkanes of at least 4 members (excludes halogenated alkanes) is 2. The van der Waals surface area contributed by atoms with Gasteiger partial charge in [0.05, 0.1) is 24.2 Å². The number of hydrogen-bond acceptors (Lipinski definition) is 4. The molecule has 6 heteroatoms. The van der Waals surface area contributed by atoms with Crippen molar-refractivity contribution >= 4 is 16.9 Å². The summed E-state index contributed by atoms with van der Waals surface area (Å²) in [5.74, 6) is 2.58. The molecule has 1 N–H and O–H groups in total. The third-order valence-electron chi connectivity index (χ3n) is 5.15. The molecule has 0 saturated carbocycles. The highest BCUT2D eigenvalue weighted by atomic mass is 16.5. The summed E-state index contributed by atoms with van der Waals surface area (Å²) in [5.41, 5.74) is 2.14. The molecule has 170 valence electrons. The topological polar surface area (TPSA) is 65.4 Å². The average Bonchev–Trinajstić information content (AvgIpc) is 3.15. The van der Waals surface area contributed by atoms with Gasteiger partial charge < -0.3 is 19.4 Å². The predicted molar refractivity (Wildman–Crippen MR) is 128 cm³/mol. The van der Waals surface area contributed by atoms with Crippen molar-refractivity contribution in [3.05, 3.63) is 66.5 Å². The van der Waals surface area contributed by atoms with Gasteiger partial charge in [-0.1, -0.05) is 36.8 Å². The summed E-state index contributed by atoms with van der Waals surface area (Å²) >= 11 is 0. The largest absolute Gasteiger partial charge is 0.490 e. The van der Waals surface area contributed by atoms with E-state index < -0.39 is 0 Å². The highest BCUT2D eigenvalue weighted by Crippen LogP contribution is 2.26. The molecule has 32 heavy (non-hydrogen) atoms. The number of allylic oxidation sites excluding steroid dienone is 1. The number of nitrogens with one attached hydrogen (secondary N) is 1. The van der Waals surface area contributed by atoms with Crippen LogP contribution in [-0.4, -0.2) is 35.2 Å². The SMILES string of the molecule is C/C=C/C(=O)NCCCCCc1nc2ccccc2n1CCOc1ccccc1OCC. The quantitative estimate of drug-likeness (QED) is 0.306. The van der Waals surface area contributed by atoms with Crippen molar-refractivity contribution in [1.29, 1.82) is 0 Å². The lowest BCUT2D eigenvalue weighted by atomic mass is 10.2. The van der Waals surface area contributed by atoms with Crippen LogP contribution in [0.1, 0.15) is 38.9 Å². The number of rotatable bonds is 13. The fraction of sp³-hybridized carbons (Fsp3) is 0.385. The maximum Gasteiger partial charge on any atom is 0.243 e. The monoisotopic (exact) mass is 435 g/mol. The lowest BCUT2D eigenvalue weighted by molar-refractivity contribution is -0.116. The van der Waals surface area contributed by atoms with Crippen LogP contribution in [0.4, 0.5) is 0 Å². The van der Waals surface area contributed by atoms with E-state index in [0.717, 1.165) is 60.6 Å². The number of imidazole rings is 1. The van der Waals surface area contributed by atoms with Gasteiger partial charge in [0.1, 0.15) is 12.4 Å². The number of amides is 1. The maximum absolute atomic E-state index is 11.5. The van der Waals surface area contributed by atoms with Crippen molar-refractivity contribution < 1.29 is 14.3 Å². The van der Waals surface area contributed by atoms with Crippen molar-refractivity contribution in [2.75, 3.05) is 19.8 Å².